The van der Waals surface area contributed by atoms with Crippen LogP contribution in [0.1, 0.15) is 26.7 Å². The van der Waals surface area contributed by atoms with Crippen LogP contribution in [0.4, 0.5) is 5.69 Å². The predicted molar refractivity (Wildman–Crippen MR) is 97.2 cm³/mol. The number of nitrogens with zero attached hydrogens (tertiary/aromatic N) is 2. The minimum atomic E-state index is -0.161. The molecule has 0 aliphatic heterocycles. The highest BCUT2D eigenvalue weighted by molar-refractivity contribution is 14.0. The molecule has 3 N–H and O–H groups in total. The summed E-state index contributed by atoms with van der Waals surface area (Å²) in [5.74, 6) is 0.507. The zero-order chi connectivity index (χ0) is 14.6. The van der Waals surface area contributed by atoms with Gasteiger partial charge in [0.1, 0.15) is 6.54 Å². The van der Waals surface area contributed by atoms with Gasteiger partial charge >= 0.3 is 0 Å². The number of hydrogen-bond donors (Lipinski definition) is 3. The first kappa shape index (κ1) is 19.6. The van der Waals surface area contributed by atoms with Gasteiger partial charge in [-0.3, -0.25) is 9.78 Å². The molecule has 1 rings (SSSR count). The summed E-state index contributed by atoms with van der Waals surface area (Å²) in [6.07, 6.45) is 5.46. The van der Waals surface area contributed by atoms with E-state index in [4.69, 9.17) is 0 Å². The van der Waals surface area contributed by atoms with E-state index in [0.717, 1.165) is 25.9 Å². The van der Waals surface area contributed by atoms with E-state index >= 15 is 0 Å². The molecule has 0 aromatic carbocycles. The fraction of sp³-hybridized carbons (Fsp3) is 0.500. The van der Waals surface area contributed by atoms with Crippen molar-refractivity contribution in [3.63, 3.8) is 0 Å². The summed E-state index contributed by atoms with van der Waals surface area (Å²) in [7, 11) is 0. The second kappa shape index (κ2) is 12.4. The molecular formula is C14H24IN5O. The molecule has 0 saturated heterocycles. The number of halogens is 1. The monoisotopic (exact) mass is 405 g/mol. The molecule has 0 unspecified atom stereocenters. The maximum atomic E-state index is 11.7. The zero-order valence-corrected chi connectivity index (χ0v) is 14.9. The average molecular weight is 405 g/mol. The number of anilines is 1. The number of amides is 1. The van der Waals surface area contributed by atoms with Gasteiger partial charge in [-0.25, -0.2) is 4.99 Å². The molecule has 6 nitrogen and oxygen atoms in total. The van der Waals surface area contributed by atoms with Gasteiger partial charge in [0, 0.05) is 19.3 Å². The van der Waals surface area contributed by atoms with E-state index in [0.29, 0.717) is 11.6 Å². The lowest BCUT2D eigenvalue weighted by Crippen LogP contribution is -2.38. The smallest absolute Gasteiger partial charge is 0.246 e. The van der Waals surface area contributed by atoms with Gasteiger partial charge in [-0.2, -0.15) is 0 Å². The van der Waals surface area contributed by atoms with Gasteiger partial charge in [-0.15, -0.1) is 24.0 Å². The molecule has 1 aromatic heterocycles. The van der Waals surface area contributed by atoms with Crippen LogP contribution in [0.25, 0.3) is 0 Å². The van der Waals surface area contributed by atoms with Crippen molar-refractivity contribution >= 4 is 41.5 Å². The van der Waals surface area contributed by atoms with Crippen LogP contribution < -0.4 is 16.0 Å². The van der Waals surface area contributed by atoms with E-state index in [1.54, 1.807) is 24.5 Å². The number of carbonyl (C=O) groups is 1. The van der Waals surface area contributed by atoms with Gasteiger partial charge in [0.05, 0.1) is 11.9 Å². The predicted octanol–water partition coefficient (Wildman–Crippen LogP) is 1.99. The molecule has 118 valence electrons. The van der Waals surface area contributed by atoms with E-state index in [1.807, 2.05) is 6.92 Å². The van der Waals surface area contributed by atoms with Crippen molar-refractivity contribution in [1.82, 2.24) is 15.6 Å². The molecule has 0 fully saturated rings. The van der Waals surface area contributed by atoms with E-state index in [2.05, 4.69) is 32.9 Å². The van der Waals surface area contributed by atoms with Gasteiger partial charge < -0.3 is 16.0 Å². The lowest BCUT2D eigenvalue weighted by molar-refractivity contribution is -0.114. The van der Waals surface area contributed by atoms with Crippen molar-refractivity contribution in [2.45, 2.75) is 26.7 Å². The maximum absolute atomic E-state index is 11.7. The summed E-state index contributed by atoms with van der Waals surface area (Å²) in [6.45, 7) is 5.82. The molecule has 21 heavy (non-hydrogen) atoms. The third kappa shape index (κ3) is 9.22. The molecule has 1 amide bonds. The Labute approximate surface area is 143 Å². The summed E-state index contributed by atoms with van der Waals surface area (Å²) in [5, 5.41) is 9.04. The Morgan fingerprint density at radius 2 is 2.14 bits per heavy atom. The molecule has 0 aliphatic carbocycles. The number of carbonyl (C=O) groups excluding carboxylic acids is 1. The largest absolute Gasteiger partial charge is 0.357 e. The summed E-state index contributed by atoms with van der Waals surface area (Å²) < 4.78 is 0. The summed E-state index contributed by atoms with van der Waals surface area (Å²) in [5.41, 5.74) is 0.677. The van der Waals surface area contributed by atoms with Gasteiger partial charge in [0.15, 0.2) is 5.96 Å². The second-order valence-electron chi connectivity index (χ2n) is 4.27. The first-order valence-electron chi connectivity index (χ1n) is 6.98. The summed E-state index contributed by atoms with van der Waals surface area (Å²) in [6, 6.07) is 3.56. The first-order valence-corrected chi connectivity index (χ1v) is 6.98. The number of rotatable bonds is 7. The van der Waals surface area contributed by atoms with Crippen LogP contribution >= 0.6 is 24.0 Å². The molecule has 0 spiro atoms. The molecule has 0 bridgehead atoms. The number of aliphatic imine (C=N–C) groups is 1. The Bertz CT molecular complexity index is 425. The van der Waals surface area contributed by atoms with Crippen LogP contribution in [0.15, 0.2) is 29.5 Å². The quantitative estimate of drug-likeness (QED) is 0.281. The number of pyridine rings is 1. The Morgan fingerprint density at radius 3 is 2.76 bits per heavy atom. The molecule has 0 saturated carbocycles. The minimum absolute atomic E-state index is 0. The molecular weight excluding hydrogens is 381 g/mol. The number of aromatic nitrogens is 1. The van der Waals surface area contributed by atoms with E-state index in [-0.39, 0.29) is 36.4 Å². The van der Waals surface area contributed by atoms with Crippen molar-refractivity contribution in [1.29, 1.82) is 0 Å². The van der Waals surface area contributed by atoms with E-state index in [1.165, 1.54) is 0 Å². The van der Waals surface area contributed by atoms with Gasteiger partial charge in [-0.1, -0.05) is 13.3 Å². The van der Waals surface area contributed by atoms with Crippen molar-refractivity contribution in [2.24, 2.45) is 4.99 Å². The highest BCUT2D eigenvalue weighted by Gasteiger charge is 2.02. The van der Waals surface area contributed by atoms with Crippen LogP contribution in [0.3, 0.4) is 0 Å². The number of guanidine groups is 1. The third-order valence-electron chi connectivity index (χ3n) is 2.49. The summed E-state index contributed by atoms with van der Waals surface area (Å²) >= 11 is 0. The molecule has 1 aromatic rings. The molecule has 1 heterocycles. The zero-order valence-electron chi connectivity index (χ0n) is 12.6. The third-order valence-corrected chi connectivity index (χ3v) is 2.49. The maximum Gasteiger partial charge on any atom is 0.246 e. The first-order chi connectivity index (χ1) is 9.76. The van der Waals surface area contributed by atoms with Crippen LogP contribution in [0, 0.1) is 0 Å². The normalized spacial score (nSPS) is 10.5. The van der Waals surface area contributed by atoms with Crippen molar-refractivity contribution in [3.8, 4) is 0 Å². The van der Waals surface area contributed by atoms with E-state index < -0.39 is 0 Å². The second-order valence-corrected chi connectivity index (χ2v) is 4.27. The molecule has 0 aliphatic rings. The van der Waals surface area contributed by atoms with Gasteiger partial charge in [-0.05, 0) is 25.5 Å². The Kier molecular flexibility index (Phi) is 11.6. The highest BCUT2D eigenvalue weighted by atomic mass is 127. The van der Waals surface area contributed by atoms with Gasteiger partial charge in [0.2, 0.25) is 5.91 Å². The Hall–Kier alpha value is -1.38. The average Bonchev–Trinajstić information content (AvgIpc) is 2.46. The highest BCUT2D eigenvalue weighted by Crippen LogP contribution is 2.01. The number of hydrogen-bond acceptors (Lipinski definition) is 3. The van der Waals surface area contributed by atoms with E-state index in [9.17, 15) is 4.79 Å². The molecule has 0 atom stereocenters. The fourth-order valence-corrected chi connectivity index (χ4v) is 1.51. The van der Waals surface area contributed by atoms with Gasteiger partial charge in [0.25, 0.3) is 0 Å². The van der Waals surface area contributed by atoms with Crippen LogP contribution in [0.2, 0.25) is 0 Å². The molecule has 0 radical (unpaired) electrons. The number of nitrogens with one attached hydrogen (secondary N) is 3. The standard InChI is InChI=1S/C14H23N5O.HI/c1-3-5-9-17-14(16-4-2)18-11-13(20)19-12-7-6-8-15-10-12;/h6-8,10H,3-5,9,11H2,1-2H3,(H,19,20)(H2,16,17,18);1H. The van der Waals surface area contributed by atoms with Crippen molar-refractivity contribution in [2.75, 3.05) is 25.0 Å². The summed E-state index contributed by atoms with van der Waals surface area (Å²) in [4.78, 5) is 19.9. The molecule has 7 heteroatoms. The van der Waals surface area contributed by atoms with Crippen LogP contribution in [-0.2, 0) is 4.79 Å². The van der Waals surface area contributed by atoms with Crippen LogP contribution in [-0.4, -0.2) is 36.5 Å². The fourth-order valence-electron chi connectivity index (χ4n) is 1.51. The SMILES string of the molecule is CCCCNC(=NCC(=O)Nc1cccnc1)NCC.I. The van der Waals surface area contributed by atoms with Crippen molar-refractivity contribution in [3.05, 3.63) is 24.5 Å². The lowest BCUT2D eigenvalue weighted by atomic mass is 10.3. The minimum Gasteiger partial charge on any atom is -0.357 e. The number of unbranched alkanes of at least 4 members (excludes halogenated alkanes) is 1. The Morgan fingerprint density at radius 1 is 1.33 bits per heavy atom. The lowest BCUT2D eigenvalue weighted by Gasteiger charge is -2.10. The van der Waals surface area contributed by atoms with Crippen molar-refractivity contribution < 1.29 is 4.79 Å². The topological polar surface area (TPSA) is 78.4 Å². The van der Waals surface area contributed by atoms with Crippen LogP contribution in [0.5, 0.6) is 0 Å². The Balaban J connectivity index is 0.00000400.